The van der Waals surface area contributed by atoms with Crippen molar-refractivity contribution in [3.05, 3.63) is 59.7 Å². The number of carbonyl (C=O) groups excluding carboxylic acids is 3. The van der Waals surface area contributed by atoms with Gasteiger partial charge < -0.3 is 25.0 Å². The van der Waals surface area contributed by atoms with Crippen molar-refractivity contribution in [3.63, 3.8) is 0 Å². The molecule has 2 aromatic rings. The zero-order valence-electron chi connectivity index (χ0n) is 22.1. The second-order valence-corrected chi connectivity index (χ2v) is 10.4. The summed E-state index contributed by atoms with van der Waals surface area (Å²) in [5.74, 6) is 0.555. The van der Waals surface area contributed by atoms with E-state index in [2.05, 4.69) is 10.6 Å². The van der Waals surface area contributed by atoms with E-state index in [9.17, 15) is 14.4 Å². The molecule has 0 aromatic heterocycles. The lowest BCUT2D eigenvalue weighted by molar-refractivity contribution is -0.139. The van der Waals surface area contributed by atoms with Gasteiger partial charge in [0.25, 0.3) is 5.91 Å². The van der Waals surface area contributed by atoms with Gasteiger partial charge in [0.05, 0.1) is 7.11 Å². The van der Waals surface area contributed by atoms with Crippen LogP contribution in [0.1, 0.15) is 44.4 Å². The lowest BCUT2D eigenvalue weighted by atomic mass is 10.0. The molecule has 0 spiro atoms. The number of carbonyl (C=O) groups is 3. The monoisotopic (exact) mass is 515 g/mol. The maximum absolute atomic E-state index is 13.6. The Labute approximate surface area is 218 Å². The van der Waals surface area contributed by atoms with Crippen molar-refractivity contribution in [2.24, 2.45) is 0 Å². The van der Waals surface area contributed by atoms with E-state index < -0.39 is 23.8 Å². The molecule has 0 saturated heterocycles. The third-order valence-electron chi connectivity index (χ3n) is 5.33. The van der Waals surface area contributed by atoms with Gasteiger partial charge in [-0.15, -0.1) is 0 Å². The fourth-order valence-corrected chi connectivity index (χ4v) is 3.97. The number of likely N-dealkylation sites (N-methyl/N-ethyl adjacent to an activating group) is 1. The standard InChI is InChI=1S/C27H37N3O5S/c1-18-8-10-19(11-9-18)23(24(31)28-20-12-14-21(34-6)15-13-20)30(5)25(32)22(16-17-36-7)29-26(33)35-27(2,3)4/h8-15,22-23H,16-17H2,1-7H3,(H,28,31)(H,29,33). The van der Waals surface area contributed by atoms with Gasteiger partial charge in [-0.25, -0.2) is 4.79 Å². The summed E-state index contributed by atoms with van der Waals surface area (Å²) in [6.45, 7) is 7.23. The van der Waals surface area contributed by atoms with Gasteiger partial charge in [-0.3, -0.25) is 9.59 Å². The van der Waals surface area contributed by atoms with Crippen LogP contribution >= 0.6 is 11.8 Å². The van der Waals surface area contributed by atoms with Crippen molar-refractivity contribution >= 4 is 35.4 Å². The minimum atomic E-state index is -0.919. The molecule has 0 saturated carbocycles. The normalized spacial score (nSPS) is 12.8. The van der Waals surface area contributed by atoms with Gasteiger partial charge in [0.15, 0.2) is 0 Å². The van der Waals surface area contributed by atoms with Crippen LogP contribution in [-0.4, -0.2) is 60.6 Å². The molecular weight excluding hydrogens is 478 g/mol. The smallest absolute Gasteiger partial charge is 0.408 e. The third-order valence-corrected chi connectivity index (χ3v) is 5.98. The first-order valence-electron chi connectivity index (χ1n) is 11.7. The van der Waals surface area contributed by atoms with Crippen LogP contribution in [0, 0.1) is 6.92 Å². The number of methoxy groups -OCH3 is 1. The highest BCUT2D eigenvalue weighted by Gasteiger charge is 2.34. The van der Waals surface area contributed by atoms with E-state index in [1.807, 2.05) is 37.4 Å². The Morgan fingerprint density at radius 3 is 2.17 bits per heavy atom. The summed E-state index contributed by atoms with van der Waals surface area (Å²) < 4.78 is 10.5. The molecule has 3 amide bonds. The minimum absolute atomic E-state index is 0.374. The van der Waals surface area contributed by atoms with Gasteiger partial charge in [0.1, 0.15) is 23.4 Å². The fourth-order valence-electron chi connectivity index (χ4n) is 3.50. The highest BCUT2D eigenvalue weighted by molar-refractivity contribution is 7.98. The average Bonchev–Trinajstić information content (AvgIpc) is 2.82. The van der Waals surface area contributed by atoms with Crippen LogP contribution in [0.3, 0.4) is 0 Å². The predicted molar refractivity (Wildman–Crippen MR) is 144 cm³/mol. The molecule has 8 nitrogen and oxygen atoms in total. The number of nitrogens with one attached hydrogen (secondary N) is 2. The Morgan fingerprint density at radius 2 is 1.64 bits per heavy atom. The molecule has 0 heterocycles. The van der Waals surface area contributed by atoms with Crippen LogP contribution in [0.2, 0.25) is 0 Å². The van der Waals surface area contributed by atoms with E-state index in [-0.39, 0.29) is 11.8 Å². The van der Waals surface area contributed by atoms with Crippen LogP contribution in [-0.2, 0) is 14.3 Å². The number of nitrogens with zero attached hydrogens (tertiary/aromatic N) is 1. The Morgan fingerprint density at radius 1 is 1.03 bits per heavy atom. The van der Waals surface area contributed by atoms with Crippen molar-refractivity contribution in [3.8, 4) is 5.75 Å². The highest BCUT2D eigenvalue weighted by Crippen LogP contribution is 2.25. The van der Waals surface area contributed by atoms with Crippen LogP contribution in [0.5, 0.6) is 5.75 Å². The van der Waals surface area contributed by atoms with Crippen molar-refractivity contribution in [1.29, 1.82) is 0 Å². The lowest BCUT2D eigenvalue weighted by Gasteiger charge is -2.31. The number of benzene rings is 2. The quantitative estimate of drug-likeness (QED) is 0.472. The maximum Gasteiger partial charge on any atom is 0.408 e. The molecule has 36 heavy (non-hydrogen) atoms. The summed E-state index contributed by atoms with van der Waals surface area (Å²) in [5.41, 5.74) is 1.56. The SMILES string of the molecule is COc1ccc(NC(=O)C(c2ccc(C)cc2)N(C)C(=O)C(CCSC)NC(=O)OC(C)(C)C)cc1. The Kier molecular flexibility index (Phi) is 10.6. The Balaban J connectivity index is 2.33. The second kappa shape index (κ2) is 13.2. The highest BCUT2D eigenvalue weighted by atomic mass is 32.2. The van der Waals surface area contributed by atoms with Gasteiger partial charge in [-0.1, -0.05) is 29.8 Å². The van der Waals surface area contributed by atoms with Gasteiger partial charge >= 0.3 is 6.09 Å². The number of amides is 3. The average molecular weight is 516 g/mol. The van der Waals surface area contributed by atoms with E-state index in [1.54, 1.807) is 71.0 Å². The summed E-state index contributed by atoms with van der Waals surface area (Å²) in [7, 11) is 3.14. The molecule has 0 radical (unpaired) electrons. The summed E-state index contributed by atoms with van der Waals surface area (Å²) >= 11 is 1.56. The minimum Gasteiger partial charge on any atom is -0.497 e. The molecule has 2 N–H and O–H groups in total. The number of alkyl carbamates (subject to hydrolysis) is 1. The van der Waals surface area contributed by atoms with E-state index in [0.29, 0.717) is 29.2 Å². The zero-order chi connectivity index (χ0) is 26.9. The fraction of sp³-hybridized carbons (Fsp3) is 0.444. The zero-order valence-corrected chi connectivity index (χ0v) is 22.9. The van der Waals surface area contributed by atoms with Crippen molar-refractivity contribution in [2.75, 3.05) is 31.5 Å². The molecule has 2 atom stereocenters. The number of anilines is 1. The maximum atomic E-state index is 13.6. The Bertz CT molecular complexity index is 1020. The largest absolute Gasteiger partial charge is 0.497 e. The number of aryl methyl sites for hydroxylation is 1. The van der Waals surface area contributed by atoms with Crippen LogP contribution in [0.25, 0.3) is 0 Å². The van der Waals surface area contributed by atoms with Crippen molar-refractivity contribution in [2.45, 2.75) is 51.8 Å². The molecule has 0 fully saturated rings. The summed E-state index contributed by atoms with van der Waals surface area (Å²) in [6.07, 6.45) is 1.64. The lowest BCUT2D eigenvalue weighted by Crippen LogP contribution is -2.51. The second-order valence-electron chi connectivity index (χ2n) is 9.46. The van der Waals surface area contributed by atoms with Crippen molar-refractivity contribution in [1.82, 2.24) is 10.2 Å². The van der Waals surface area contributed by atoms with Gasteiger partial charge in [0, 0.05) is 12.7 Å². The first-order chi connectivity index (χ1) is 16.9. The number of thioether (sulfide) groups is 1. The van der Waals surface area contributed by atoms with Gasteiger partial charge in [0.2, 0.25) is 5.91 Å². The van der Waals surface area contributed by atoms with E-state index in [1.165, 1.54) is 4.90 Å². The summed E-state index contributed by atoms with van der Waals surface area (Å²) in [4.78, 5) is 41.0. The van der Waals surface area contributed by atoms with E-state index >= 15 is 0 Å². The van der Waals surface area contributed by atoms with Gasteiger partial charge in [-0.05, 0) is 76.0 Å². The molecule has 0 aliphatic heterocycles. The summed E-state index contributed by atoms with van der Waals surface area (Å²) in [6, 6.07) is 12.6. The molecule has 0 bridgehead atoms. The number of rotatable bonds is 10. The van der Waals surface area contributed by atoms with Crippen LogP contribution < -0.4 is 15.4 Å². The first-order valence-corrected chi connectivity index (χ1v) is 13.1. The molecule has 2 aromatic carbocycles. The predicted octanol–water partition coefficient (Wildman–Crippen LogP) is 4.79. The molecule has 0 aliphatic carbocycles. The number of ether oxygens (including phenoxy) is 2. The van der Waals surface area contributed by atoms with Crippen LogP contribution in [0.4, 0.5) is 10.5 Å². The third kappa shape index (κ3) is 8.78. The molecular formula is C27H37N3O5S. The molecule has 9 heteroatoms. The molecule has 2 unspecified atom stereocenters. The first kappa shape index (κ1) is 29.0. The number of hydrogen-bond acceptors (Lipinski definition) is 6. The topological polar surface area (TPSA) is 97.0 Å². The number of hydrogen-bond donors (Lipinski definition) is 2. The van der Waals surface area contributed by atoms with E-state index in [0.717, 1.165) is 5.56 Å². The molecule has 196 valence electrons. The van der Waals surface area contributed by atoms with Gasteiger partial charge in [-0.2, -0.15) is 11.8 Å². The van der Waals surface area contributed by atoms with Crippen LogP contribution in [0.15, 0.2) is 48.5 Å². The Hall–Kier alpha value is -3.20. The molecule has 2 rings (SSSR count). The summed E-state index contributed by atoms with van der Waals surface area (Å²) in [5, 5.41) is 5.59. The molecule has 0 aliphatic rings. The van der Waals surface area contributed by atoms with E-state index in [4.69, 9.17) is 9.47 Å². The van der Waals surface area contributed by atoms with Crippen molar-refractivity contribution < 1.29 is 23.9 Å².